The SMILES string of the molecule is Cc1ccc(C(=O)N2CCN(c3nc4c(s3)c(C)nn4-c3ccc(C)cc3)CC2)cc1. The van der Waals surface area contributed by atoms with Gasteiger partial charge in [-0.2, -0.15) is 10.1 Å². The molecule has 0 bridgehead atoms. The van der Waals surface area contributed by atoms with Crippen molar-refractivity contribution >= 4 is 32.7 Å². The fraction of sp³-hybridized carbons (Fsp3) is 0.292. The Labute approximate surface area is 185 Å². The van der Waals surface area contributed by atoms with E-state index in [1.54, 1.807) is 11.3 Å². The first-order valence-corrected chi connectivity index (χ1v) is 11.4. The molecule has 0 saturated carbocycles. The number of fused-ring (bicyclic) bond motifs is 1. The van der Waals surface area contributed by atoms with Gasteiger partial charge >= 0.3 is 0 Å². The van der Waals surface area contributed by atoms with Crippen LogP contribution in [0, 0.1) is 20.8 Å². The molecule has 158 valence electrons. The van der Waals surface area contributed by atoms with Crippen LogP contribution in [0.3, 0.4) is 0 Å². The number of thiazole rings is 1. The smallest absolute Gasteiger partial charge is 0.253 e. The van der Waals surface area contributed by atoms with Crippen molar-refractivity contribution in [1.29, 1.82) is 0 Å². The maximum absolute atomic E-state index is 12.8. The van der Waals surface area contributed by atoms with Crippen LogP contribution >= 0.6 is 11.3 Å². The molecule has 7 heteroatoms. The maximum atomic E-state index is 12.8. The highest BCUT2D eigenvalue weighted by Crippen LogP contribution is 2.33. The molecule has 0 aliphatic carbocycles. The van der Waals surface area contributed by atoms with Crippen molar-refractivity contribution in [2.24, 2.45) is 0 Å². The van der Waals surface area contributed by atoms with Gasteiger partial charge in [-0.15, -0.1) is 0 Å². The van der Waals surface area contributed by atoms with E-state index < -0.39 is 0 Å². The molecular weight excluding hydrogens is 406 g/mol. The monoisotopic (exact) mass is 431 g/mol. The molecule has 2 aromatic carbocycles. The first kappa shape index (κ1) is 19.8. The van der Waals surface area contributed by atoms with Crippen molar-refractivity contribution in [2.75, 3.05) is 31.1 Å². The van der Waals surface area contributed by atoms with E-state index in [0.29, 0.717) is 13.1 Å². The third-order valence-electron chi connectivity index (χ3n) is 5.79. The van der Waals surface area contributed by atoms with Gasteiger partial charge in [-0.25, -0.2) is 4.68 Å². The van der Waals surface area contributed by atoms with Crippen molar-refractivity contribution in [2.45, 2.75) is 20.8 Å². The highest BCUT2D eigenvalue weighted by Gasteiger charge is 2.25. The number of hydrogen-bond donors (Lipinski definition) is 0. The van der Waals surface area contributed by atoms with Gasteiger partial charge in [-0.05, 0) is 45.0 Å². The summed E-state index contributed by atoms with van der Waals surface area (Å²) in [6.07, 6.45) is 0. The fourth-order valence-electron chi connectivity index (χ4n) is 3.90. The molecule has 0 radical (unpaired) electrons. The van der Waals surface area contributed by atoms with Gasteiger partial charge in [0.05, 0.1) is 16.1 Å². The van der Waals surface area contributed by atoms with Gasteiger partial charge in [0.2, 0.25) is 0 Å². The largest absolute Gasteiger partial charge is 0.344 e. The number of aromatic nitrogens is 3. The van der Waals surface area contributed by atoms with E-state index in [9.17, 15) is 4.79 Å². The number of carbonyl (C=O) groups excluding carboxylic acids is 1. The van der Waals surface area contributed by atoms with Crippen molar-refractivity contribution in [3.05, 3.63) is 70.9 Å². The molecule has 31 heavy (non-hydrogen) atoms. The standard InChI is InChI=1S/C24H25N5OS/c1-16-4-8-19(9-5-16)23(30)27-12-14-28(15-13-27)24-25-22-21(31-24)18(3)26-29(22)20-10-6-17(2)7-11-20/h4-11H,12-15H2,1-3H3. The summed E-state index contributed by atoms with van der Waals surface area (Å²) >= 11 is 1.68. The third kappa shape index (κ3) is 3.70. The molecule has 0 atom stereocenters. The molecule has 5 rings (SSSR count). The normalized spacial score (nSPS) is 14.4. The van der Waals surface area contributed by atoms with Crippen LogP contribution in [0.25, 0.3) is 16.0 Å². The lowest BCUT2D eigenvalue weighted by atomic mass is 10.1. The summed E-state index contributed by atoms with van der Waals surface area (Å²) < 4.78 is 3.05. The van der Waals surface area contributed by atoms with Crippen LogP contribution in [0.4, 0.5) is 5.13 Å². The van der Waals surface area contributed by atoms with Crippen molar-refractivity contribution in [1.82, 2.24) is 19.7 Å². The molecule has 3 heterocycles. The molecule has 1 saturated heterocycles. The van der Waals surface area contributed by atoms with E-state index in [1.807, 2.05) is 47.7 Å². The van der Waals surface area contributed by atoms with Gasteiger partial charge in [0.1, 0.15) is 0 Å². The van der Waals surface area contributed by atoms with E-state index >= 15 is 0 Å². The summed E-state index contributed by atoms with van der Waals surface area (Å²) in [6, 6.07) is 16.2. The summed E-state index contributed by atoms with van der Waals surface area (Å²) in [7, 11) is 0. The third-order valence-corrected chi connectivity index (χ3v) is 7.01. The number of hydrogen-bond acceptors (Lipinski definition) is 5. The van der Waals surface area contributed by atoms with Crippen LogP contribution in [-0.4, -0.2) is 51.8 Å². The van der Waals surface area contributed by atoms with Gasteiger partial charge in [-0.1, -0.05) is 46.7 Å². The van der Waals surface area contributed by atoms with Crippen molar-refractivity contribution in [3.63, 3.8) is 0 Å². The van der Waals surface area contributed by atoms with E-state index in [-0.39, 0.29) is 5.91 Å². The maximum Gasteiger partial charge on any atom is 0.253 e. The quantitative estimate of drug-likeness (QED) is 0.483. The molecule has 0 spiro atoms. The Bertz CT molecular complexity index is 1230. The molecule has 1 aliphatic heterocycles. The lowest BCUT2D eigenvalue weighted by Gasteiger charge is -2.34. The Morgan fingerprint density at radius 3 is 2.13 bits per heavy atom. The van der Waals surface area contributed by atoms with E-state index in [1.165, 1.54) is 5.56 Å². The summed E-state index contributed by atoms with van der Waals surface area (Å²) in [6.45, 7) is 9.11. The number of amides is 1. The zero-order chi connectivity index (χ0) is 21.5. The van der Waals surface area contributed by atoms with E-state index in [4.69, 9.17) is 10.1 Å². The second kappa shape index (κ2) is 7.81. The molecule has 1 amide bonds. The van der Waals surface area contributed by atoms with Crippen molar-refractivity contribution in [3.8, 4) is 5.69 Å². The van der Waals surface area contributed by atoms with Crippen LogP contribution < -0.4 is 4.90 Å². The van der Waals surface area contributed by atoms with Gasteiger partial charge < -0.3 is 9.80 Å². The molecule has 0 unspecified atom stereocenters. The van der Waals surface area contributed by atoms with Gasteiger partial charge in [-0.3, -0.25) is 4.79 Å². The average molecular weight is 432 g/mol. The lowest BCUT2D eigenvalue weighted by molar-refractivity contribution is 0.0747. The Morgan fingerprint density at radius 1 is 0.871 bits per heavy atom. The molecular formula is C24H25N5OS. The zero-order valence-corrected chi connectivity index (χ0v) is 18.8. The lowest BCUT2D eigenvalue weighted by Crippen LogP contribution is -2.48. The number of rotatable bonds is 3. The van der Waals surface area contributed by atoms with Crippen LogP contribution in [0.2, 0.25) is 0 Å². The molecule has 1 aliphatic rings. The molecule has 0 N–H and O–H groups in total. The fourth-order valence-corrected chi connectivity index (χ4v) is 4.94. The average Bonchev–Trinajstić information content (AvgIpc) is 3.35. The Balaban J connectivity index is 1.34. The summed E-state index contributed by atoms with van der Waals surface area (Å²) in [5.74, 6) is 0.106. The molecule has 4 aromatic rings. The number of carbonyl (C=O) groups is 1. The van der Waals surface area contributed by atoms with Crippen LogP contribution in [0.15, 0.2) is 48.5 Å². The van der Waals surface area contributed by atoms with E-state index in [0.717, 1.165) is 51.1 Å². The van der Waals surface area contributed by atoms with Gasteiger partial charge in [0, 0.05) is 31.7 Å². The minimum Gasteiger partial charge on any atom is -0.344 e. The highest BCUT2D eigenvalue weighted by atomic mass is 32.1. The first-order valence-electron chi connectivity index (χ1n) is 10.5. The number of aryl methyl sites for hydroxylation is 3. The summed E-state index contributed by atoms with van der Waals surface area (Å²) in [4.78, 5) is 22.0. The highest BCUT2D eigenvalue weighted by molar-refractivity contribution is 7.22. The first-order chi connectivity index (χ1) is 15.0. The van der Waals surface area contributed by atoms with Gasteiger partial charge in [0.25, 0.3) is 5.91 Å². The molecule has 2 aromatic heterocycles. The molecule has 6 nitrogen and oxygen atoms in total. The van der Waals surface area contributed by atoms with Crippen LogP contribution in [-0.2, 0) is 0 Å². The summed E-state index contributed by atoms with van der Waals surface area (Å²) in [5.41, 5.74) is 6.06. The van der Waals surface area contributed by atoms with E-state index in [2.05, 4.69) is 36.1 Å². The Morgan fingerprint density at radius 2 is 1.48 bits per heavy atom. The number of benzene rings is 2. The number of anilines is 1. The Hall–Kier alpha value is -3.19. The topological polar surface area (TPSA) is 54.3 Å². The zero-order valence-electron chi connectivity index (χ0n) is 18.0. The second-order valence-corrected chi connectivity index (χ2v) is 9.10. The minimum absolute atomic E-state index is 0.106. The predicted molar refractivity (Wildman–Crippen MR) is 126 cm³/mol. The van der Waals surface area contributed by atoms with Crippen LogP contribution in [0.5, 0.6) is 0 Å². The number of nitrogens with zero attached hydrogens (tertiary/aromatic N) is 5. The number of piperazine rings is 1. The second-order valence-electron chi connectivity index (χ2n) is 8.13. The predicted octanol–water partition coefficient (Wildman–Crippen LogP) is 4.37. The van der Waals surface area contributed by atoms with Gasteiger partial charge in [0.15, 0.2) is 10.8 Å². The minimum atomic E-state index is 0.106. The summed E-state index contributed by atoms with van der Waals surface area (Å²) in [5, 5.41) is 5.70. The van der Waals surface area contributed by atoms with Crippen LogP contribution in [0.1, 0.15) is 27.2 Å². The van der Waals surface area contributed by atoms with Crippen molar-refractivity contribution < 1.29 is 4.79 Å². The molecule has 1 fully saturated rings. The Kier molecular flexibility index (Phi) is 4.98.